The smallest absolute Gasteiger partial charge is 0.252 e. The van der Waals surface area contributed by atoms with Crippen molar-refractivity contribution in [1.82, 2.24) is 15.2 Å². The molecule has 0 bridgehead atoms. The lowest BCUT2D eigenvalue weighted by Gasteiger charge is -2.39. The van der Waals surface area contributed by atoms with Gasteiger partial charge in [0.2, 0.25) is 0 Å². The summed E-state index contributed by atoms with van der Waals surface area (Å²) in [6.07, 6.45) is 8.39. The molecule has 126 valence electrons. The second-order valence-electron chi connectivity index (χ2n) is 6.42. The third-order valence-corrected chi connectivity index (χ3v) is 6.36. The van der Waals surface area contributed by atoms with Crippen molar-refractivity contribution in [2.24, 2.45) is 5.92 Å². The molecule has 0 spiro atoms. The molecule has 1 amide bonds. The van der Waals surface area contributed by atoms with Crippen molar-refractivity contribution in [2.45, 2.75) is 31.7 Å². The van der Waals surface area contributed by atoms with Crippen molar-refractivity contribution in [2.75, 3.05) is 31.1 Å². The standard InChI is InChI=1S/C17H24BrN3OS/c18-15-9-14(11-19-12-15)17(22)20-10-13-1-5-21(6-2-13)16-3-7-23-8-4-16/h9,11-13,16H,1-8,10H2,(H,20,22). The first kappa shape index (κ1) is 17.2. The van der Waals surface area contributed by atoms with Crippen LogP contribution < -0.4 is 5.32 Å². The number of aromatic nitrogens is 1. The number of halogens is 1. The fraction of sp³-hybridized carbons (Fsp3) is 0.647. The lowest BCUT2D eigenvalue weighted by atomic mass is 9.94. The maximum atomic E-state index is 12.2. The van der Waals surface area contributed by atoms with Gasteiger partial charge in [0.05, 0.1) is 5.56 Å². The number of thioether (sulfide) groups is 1. The van der Waals surface area contributed by atoms with Crippen LogP contribution >= 0.6 is 27.7 Å². The average Bonchev–Trinajstić information content (AvgIpc) is 2.61. The molecule has 23 heavy (non-hydrogen) atoms. The van der Waals surface area contributed by atoms with Crippen LogP contribution in [0.5, 0.6) is 0 Å². The van der Waals surface area contributed by atoms with E-state index in [-0.39, 0.29) is 5.91 Å². The maximum Gasteiger partial charge on any atom is 0.252 e. The van der Waals surface area contributed by atoms with Crippen molar-refractivity contribution < 1.29 is 4.79 Å². The molecule has 1 aromatic heterocycles. The van der Waals surface area contributed by atoms with Gasteiger partial charge in [0.15, 0.2) is 0 Å². The molecule has 0 aliphatic carbocycles. The van der Waals surface area contributed by atoms with Crippen molar-refractivity contribution in [1.29, 1.82) is 0 Å². The minimum Gasteiger partial charge on any atom is -0.352 e. The Balaban J connectivity index is 1.41. The number of nitrogens with one attached hydrogen (secondary N) is 1. The van der Waals surface area contributed by atoms with E-state index in [1.54, 1.807) is 12.4 Å². The van der Waals surface area contributed by atoms with Crippen LogP contribution in [0.1, 0.15) is 36.0 Å². The number of carbonyl (C=O) groups excluding carboxylic acids is 1. The number of rotatable bonds is 4. The fourth-order valence-electron chi connectivity index (χ4n) is 3.45. The van der Waals surface area contributed by atoms with E-state index in [4.69, 9.17) is 0 Å². The van der Waals surface area contributed by atoms with Gasteiger partial charge in [-0.05, 0) is 78.2 Å². The van der Waals surface area contributed by atoms with Gasteiger partial charge >= 0.3 is 0 Å². The Hall–Kier alpha value is -0.590. The summed E-state index contributed by atoms with van der Waals surface area (Å²) < 4.78 is 0.837. The average molecular weight is 398 g/mol. The third kappa shape index (κ3) is 4.94. The number of pyridine rings is 1. The number of hydrogen-bond donors (Lipinski definition) is 1. The highest BCUT2D eigenvalue weighted by Crippen LogP contribution is 2.26. The summed E-state index contributed by atoms with van der Waals surface area (Å²) in [6, 6.07) is 2.62. The predicted molar refractivity (Wildman–Crippen MR) is 98.9 cm³/mol. The lowest BCUT2D eigenvalue weighted by molar-refractivity contribution is 0.0920. The fourth-order valence-corrected chi connectivity index (χ4v) is 4.89. The summed E-state index contributed by atoms with van der Waals surface area (Å²) in [4.78, 5) is 18.9. The zero-order valence-corrected chi connectivity index (χ0v) is 15.7. The topological polar surface area (TPSA) is 45.2 Å². The minimum atomic E-state index is -0.0227. The highest BCUT2D eigenvalue weighted by Gasteiger charge is 2.26. The Kier molecular flexibility index (Phi) is 6.36. The first-order valence-electron chi connectivity index (χ1n) is 8.43. The summed E-state index contributed by atoms with van der Waals surface area (Å²) in [6.45, 7) is 3.16. The third-order valence-electron chi connectivity index (χ3n) is 4.87. The van der Waals surface area contributed by atoms with E-state index in [9.17, 15) is 4.79 Å². The van der Waals surface area contributed by atoms with E-state index in [0.717, 1.165) is 17.1 Å². The molecule has 0 saturated carbocycles. The molecule has 6 heteroatoms. The van der Waals surface area contributed by atoms with Gasteiger partial charge in [-0.2, -0.15) is 11.8 Å². The van der Waals surface area contributed by atoms with Gasteiger partial charge in [0, 0.05) is 29.5 Å². The van der Waals surface area contributed by atoms with Gasteiger partial charge in [-0.25, -0.2) is 0 Å². The minimum absolute atomic E-state index is 0.0227. The van der Waals surface area contributed by atoms with Crippen molar-refractivity contribution in [3.8, 4) is 0 Å². The highest BCUT2D eigenvalue weighted by atomic mass is 79.9. The predicted octanol–water partition coefficient (Wildman–Crippen LogP) is 3.18. The zero-order valence-electron chi connectivity index (χ0n) is 13.3. The molecule has 3 rings (SSSR count). The van der Waals surface area contributed by atoms with E-state index in [0.29, 0.717) is 11.5 Å². The quantitative estimate of drug-likeness (QED) is 0.846. The molecule has 2 aliphatic heterocycles. The summed E-state index contributed by atoms with van der Waals surface area (Å²) >= 11 is 5.44. The van der Waals surface area contributed by atoms with E-state index >= 15 is 0 Å². The molecule has 2 aliphatic rings. The van der Waals surface area contributed by atoms with E-state index in [1.165, 1.54) is 50.3 Å². The monoisotopic (exact) mass is 397 g/mol. The van der Waals surface area contributed by atoms with Gasteiger partial charge in [0.1, 0.15) is 0 Å². The number of nitrogens with zero attached hydrogens (tertiary/aromatic N) is 2. The molecular formula is C17H24BrN3OS. The first-order chi connectivity index (χ1) is 11.2. The van der Waals surface area contributed by atoms with Crippen LogP contribution in [0.3, 0.4) is 0 Å². The van der Waals surface area contributed by atoms with E-state index in [1.807, 2.05) is 6.07 Å². The zero-order chi connectivity index (χ0) is 16.1. The number of hydrogen-bond acceptors (Lipinski definition) is 4. The molecule has 4 nitrogen and oxygen atoms in total. The van der Waals surface area contributed by atoms with E-state index < -0.39 is 0 Å². The molecule has 1 N–H and O–H groups in total. The van der Waals surface area contributed by atoms with Crippen LogP contribution in [0.4, 0.5) is 0 Å². The second kappa shape index (κ2) is 8.49. The molecule has 3 heterocycles. The molecular weight excluding hydrogens is 374 g/mol. The summed E-state index contributed by atoms with van der Waals surface area (Å²) in [7, 11) is 0. The van der Waals surface area contributed by atoms with Gasteiger partial charge in [-0.1, -0.05) is 0 Å². The van der Waals surface area contributed by atoms with Gasteiger partial charge in [-0.15, -0.1) is 0 Å². The number of amides is 1. The molecule has 1 aromatic rings. The van der Waals surface area contributed by atoms with Crippen molar-refractivity contribution in [3.05, 3.63) is 28.5 Å². The van der Waals surface area contributed by atoms with Gasteiger partial charge < -0.3 is 10.2 Å². The number of likely N-dealkylation sites (tertiary alicyclic amines) is 1. The van der Waals surface area contributed by atoms with Crippen LogP contribution in [0, 0.1) is 5.92 Å². The SMILES string of the molecule is O=C(NCC1CCN(C2CCSCC2)CC1)c1cncc(Br)c1. The van der Waals surface area contributed by atoms with Crippen molar-refractivity contribution >= 4 is 33.6 Å². The summed E-state index contributed by atoms with van der Waals surface area (Å²) in [5.41, 5.74) is 0.622. The normalized spacial score (nSPS) is 21.3. The molecule has 2 saturated heterocycles. The maximum absolute atomic E-state index is 12.2. The van der Waals surface area contributed by atoms with Crippen LogP contribution in [-0.2, 0) is 0 Å². The Morgan fingerprint density at radius 2 is 2.00 bits per heavy atom. The largest absolute Gasteiger partial charge is 0.352 e. The van der Waals surface area contributed by atoms with E-state index in [2.05, 4.69) is 42.9 Å². The van der Waals surface area contributed by atoms with Crippen LogP contribution in [0.15, 0.2) is 22.9 Å². The van der Waals surface area contributed by atoms with Crippen LogP contribution in [0.25, 0.3) is 0 Å². The Morgan fingerprint density at radius 1 is 1.26 bits per heavy atom. The summed E-state index contributed by atoms with van der Waals surface area (Å²) in [5.74, 6) is 3.22. The number of carbonyl (C=O) groups is 1. The highest BCUT2D eigenvalue weighted by molar-refractivity contribution is 9.10. The second-order valence-corrected chi connectivity index (χ2v) is 8.57. The van der Waals surface area contributed by atoms with Crippen LogP contribution in [-0.4, -0.2) is 53.0 Å². The van der Waals surface area contributed by atoms with Crippen LogP contribution in [0.2, 0.25) is 0 Å². The first-order valence-corrected chi connectivity index (χ1v) is 10.4. The Labute approximate surface area is 150 Å². The molecule has 0 atom stereocenters. The molecule has 0 radical (unpaired) electrons. The molecule has 0 aromatic carbocycles. The number of piperidine rings is 1. The van der Waals surface area contributed by atoms with Gasteiger partial charge in [-0.3, -0.25) is 9.78 Å². The summed E-state index contributed by atoms with van der Waals surface area (Å²) in [5, 5.41) is 3.07. The molecule has 2 fully saturated rings. The Morgan fingerprint density at radius 3 is 2.70 bits per heavy atom. The lowest BCUT2D eigenvalue weighted by Crippen LogP contribution is -2.45. The van der Waals surface area contributed by atoms with Crippen molar-refractivity contribution in [3.63, 3.8) is 0 Å². The van der Waals surface area contributed by atoms with Gasteiger partial charge in [0.25, 0.3) is 5.91 Å². The molecule has 0 unspecified atom stereocenters. The Bertz CT molecular complexity index is 528.